The lowest BCUT2D eigenvalue weighted by atomic mass is 9.98. The Balaban J connectivity index is 1.37. The normalized spacial score (nSPS) is 10.9. The first-order valence-electron chi connectivity index (χ1n) is 10.8. The highest BCUT2D eigenvalue weighted by Gasteiger charge is 2.15. The van der Waals surface area contributed by atoms with Gasteiger partial charge in [0.25, 0.3) is 0 Å². The molecular weight excluding hydrogens is 452 g/mol. The second-order valence-electron chi connectivity index (χ2n) is 7.94. The molecule has 9 heteroatoms. The van der Waals surface area contributed by atoms with Crippen molar-refractivity contribution in [2.24, 2.45) is 0 Å². The Labute approximate surface area is 202 Å². The molecule has 0 aliphatic carbocycles. The first kappa shape index (κ1) is 23.4. The molecule has 1 amide bonds. The number of carbonyl (C=O) groups excluding carboxylic acids is 1. The zero-order chi connectivity index (χ0) is 24.2. The van der Waals surface area contributed by atoms with E-state index >= 15 is 0 Å². The molecule has 0 bridgehead atoms. The predicted molar refractivity (Wildman–Crippen MR) is 132 cm³/mol. The van der Waals surface area contributed by atoms with Gasteiger partial charge >= 0.3 is 0 Å². The summed E-state index contributed by atoms with van der Waals surface area (Å²) in [5.74, 6) is 1.83. The Morgan fingerprint density at radius 3 is 2.47 bits per heavy atom. The molecule has 0 aliphatic heterocycles. The van der Waals surface area contributed by atoms with E-state index in [2.05, 4.69) is 53.3 Å². The van der Waals surface area contributed by atoms with Crippen molar-refractivity contribution in [3.8, 4) is 34.1 Å². The van der Waals surface area contributed by atoms with Crippen LogP contribution in [0.5, 0.6) is 11.5 Å². The summed E-state index contributed by atoms with van der Waals surface area (Å²) in [5.41, 5.74) is 6.26. The molecule has 4 rings (SSSR count). The Hall–Kier alpha value is -3.72. The zero-order valence-electron chi connectivity index (χ0n) is 19.8. The van der Waals surface area contributed by atoms with E-state index in [4.69, 9.17) is 14.0 Å². The van der Waals surface area contributed by atoms with Crippen LogP contribution in [0.2, 0.25) is 0 Å². The summed E-state index contributed by atoms with van der Waals surface area (Å²) in [5, 5.41) is 9.41. The molecule has 0 saturated carbocycles. The average Bonchev–Trinajstić information content (AvgIpc) is 3.46. The fourth-order valence-electron chi connectivity index (χ4n) is 3.88. The largest absolute Gasteiger partial charge is 0.493 e. The van der Waals surface area contributed by atoms with Crippen molar-refractivity contribution in [1.82, 2.24) is 15.1 Å². The highest BCUT2D eigenvalue weighted by Crippen LogP contribution is 2.32. The van der Waals surface area contributed by atoms with Crippen LogP contribution in [0.25, 0.3) is 22.6 Å². The maximum absolute atomic E-state index is 12.5. The van der Waals surface area contributed by atoms with E-state index in [-0.39, 0.29) is 12.3 Å². The lowest BCUT2D eigenvalue weighted by Gasteiger charge is -2.08. The van der Waals surface area contributed by atoms with Crippen molar-refractivity contribution in [2.75, 3.05) is 19.5 Å². The number of hydrogen-bond donors (Lipinski definition) is 1. The highest BCUT2D eigenvalue weighted by atomic mass is 32.1. The highest BCUT2D eigenvalue weighted by molar-refractivity contribution is 7.14. The summed E-state index contributed by atoms with van der Waals surface area (Å²) in [6.45, 7) is 6.23. The number of anilines is 1. The van der Waals surface area contributed by atoms with Gasteiger partial charge in [-0.2, -0.15) is 4.98 Å². The van der Waals surface area contributed by atoms with Gasteiger partial charge in [0.05, 0.1) is 19.9 Å². The van der Waals surface area contributed by atoms with Gasteiger partial charge in [0.1, 0.15) is 0 Å². The van der Waals surface area contributed by atoms with Gasteiger partial charge in [-0.25, -0.2) is 4.98 Å². The molecule has 2 heterocycles. The lowest BCUT2D eigenvalue weighted by Crippen LogP contribution is -2.12. The lowest BCUT2D eigenvalue weighted by molar-refractivity contribution is -0.116. The number of methoxy groups -OCH3 is 2. The fraction of sp³-hybridized carbons (Fsp3) is 0.280. The molecule has 0 radical (unpaired) electrons. The minimum absolute atomic E-state index is 0.163. The summed E-state index contributed by atoms with van der Waals surface area (Å²) in [7, 11) is 3.14. The molecule has 8 nitrogen and oxygen atoms in total. The quantitative estimate of drug-likeness (QED) is 0.363. The second-order valence-corrected chi connectivity index (χ2v) is 8.80. The number of hydrogen-bond acceptors (Lipinski definition) is 8. The number of thiazole rings is 1. The van der Waals surface area contributed by atoms with E-state index in [1.807, 2.05) is 11.4 Å². The molecule has 34 heavy (non-hydrogen) atoms. The standard InChI is InChI=1S/C25H26N4O4S/c1-14-10-15(2)23(16(3)11-14)18-13-34-25(26-18)27-21(30)8-9-22-28-24(29-33-22)17-6-7-19(31-4)20(12-17)32-5/h6-7,10-13H,8-9H2,1-5H3,(H,26,27,30). The Morgan fingerprint density at radius 2 is 1.76 bits per heavy atom. The third kappa shape index (κ3) is 5.09. The minimum atomic E-state index is -0.163. The van der Waals surface area contributed by atoms with Gasteiger partial charge in [-0.05, 0) is 50.1 Å². The SMILES string of the molecule is COc1ccc(-c2noc(CCC(=O)Nc3nc(-c4c(C)cc(C)cc4C)cs3)n2)cc1OC. The van der Waals surface area contributed by atoms with Gasteiger partial charge in [-0.15, -0.1) is 11.3 Å². The predicted octanol–water partition coefficient (Wildman–Crippen LogP) is 5.37. The molecule has 0 fully saturated rings. The molecule has 0 atom stereocenters. The first-order valence-corrected chi connectivity index (χ1v) is 11.6. The van der Waals surface area contributed by atoms with Crippen LogP contribution in [0.15, 0.2) is 40.2 Å². The maximum atomic E-state index is 12.5. The van der Waals surface area contributed by atoms with E-state index in [1.54, 1.807) is 26.4 Å². The van der Waals surface area contributed by atoms with Gasteiger partial charge in [0.2, 0.25) is 17.6 Å². The third-order valence-corrected chi connectivity index (χ3v) is 6.12. The third-order valence-electron chi connectivity index (χ3n) is 5.36. The van der Waals surface area contributed by atoms with Gasteiger partial charge in [0.15, 0.2) is 16.6 Å². The molecular formula is C25H26N4O4S. The number of amides is 1. The van der Waals surface area contributed by atoms with Gasteiger partial charge < -0.3 is 19.3 Å². The van der Waals surface area contributed by atoms with Crippen LogP contribution in [0.4, 0.5) is 5.13 Å². The van der Waals surface area contributed by atoms with Crippen molar-refractivity contribution in [3.05, 3.63) is 58.3 Å². The van der Waals surface area contributed by atoms with E-state index in [9.17, 15) is 4.79 Å². The van der Waals surface area contributed by atoms with Crippen molar-refractivity contribution in [2.45, 2.75) is 33.6 Å². The van der Waals surface area contributed by atoms with Crippen LogP contribution in [-0.2, 0) is 11.2 Å². The molecule has 176 valence electrons. The van der Waals surface area contributed by atoms with Crippen molar-refractivity contribution in [1.29, 1.82) is 0 Å². The number of rotatable bonds is 8. The van der Waals surface area contributed by atoms with Crippen molar-refractivity contribution >= 4 is 22.4 Å². The van der Waals surface area contributed by atoms with Gasteiger partial charge in [0, 0.05) is 29.3 Å². The monoisotopic (exact) mass is 478 g/mol. The molecule has 0 saturated heterocycles. The fourth-order valence-corrected chi connectivity index (χ4v) is 4.60. The Kier molecular flexibility index (Phi) is 6.93. The van der Waals surface area contributed by atoms with Crippen LogP contribution < -0.4 is 14.8 Å². The van der Waals surface area contributed by atoms with Crippen LogP contribution in [-0.4, -0.2) is 35.3 Å². The number of benzene rings is 2. The minimum Gasteiger partial charge on any atom is -0.493 e. The van der Waals surface area contributed by atoms with Crippen LogP contribution in [0.1, 0.15) is 29.0 Å². The summed E-state index contributed by atoms with van der Waals surface area (Å²) in [4.78, 5) is 21.5. The maximum Gasteiger partial charge on any atom is 0.227 e. The van der Waals surface area contributed by atoms with Crippen molar-refractivity contribution < 1.29 is 18.8 Å². The number of nitrogens with zero attached hydrogens (tertiary/aromatic N) is 3. The molecule has 4 aromatic rings. The number of ether oxygens (including phenoxy) is 2. The molecule has 1 N–H and O–H groups in total. The van der Waals surface area contributed by atoms with Crippen LogP contribution in [0, 0.1) is 20.8 Å². The van der Waals surface area contributed by atoms with E-state index in [1.165, 1.54) is 28.0 Å². The summed E-state index contributed by atoms with van der Waals surface area (Å²) >= 11 is 1.41. The van der Waals surface area contributed by atoms with E-state index in [0.717, 1.165) is 16.8 Å². The van der Waals surface area contributed by atoms with E-state index < -0.39 is 0 Å². The Morgan fingerprint density at radius 1 is 1.03 bits per heavy atom. The molecule has 0 unspecified atom stereocenters. The summed E-state index contributed by atoms with van der Waals surface area (Å²) < 4.78 is 15.9. The molecule has 0 spiro atoms. The average molecular weight is 479 g/mol. The number of carbonyl (C=O) groups is 1. The number of aromatic nitrogens is 3. The van der Waals surface area contributed by atoms with Crippen molar-refractivity contribution in [3.63, 3.8) is 0 Å². The summed E-state index contributed by atoms with van der Waals surface area (Å²) in [6.07, 6.45) is 0.519. The Bertz CT molecular complexity index is 1310. The second kappa shape index (κ2) is 10.0. The topological polar surface area (TPSA) is 99.4 Å². The van der Waals surface area contributed by atoms with Crippen LogP contribution in [0.3, 0.4) is 0 Å². The molecule has 2 aromatic heterocycles. The first-order chi connectivity index (χ1) is 16.4. The zero-order valence-corrected chi connectivity index (χ0v) is 20.6. The number of aryl methyl sites for hydroxylation is 4. The molecule has 0 aliphatic rings. The van der Waals surface area contributed by atoms with Gasteiger partial charge in [-0.3, -0.25) is 4.79 Å². The van der Waals surface area contributed by atoms with Crippen LogP contribution >= 0.6 is 11.3 Å². The smallest absolute Gasteiger partial charge is 0.227 e. The molecule has 2 aromatic carbocycles. The number of nitrogens with one attached hydrogen (secondary N) is 1. The van der Waals surface area contributed by atoms with Gasteiger partial charge in [-0.1, -0.05) is 22.9 Å². The summed E-state index contributed by atoms with van der Waals surface area (Å²) in [6, 6.07) is 9.65. The van der Waals surface area contributed by atoms with E-state index in [0.29, 0.717) is 34.8 Å².